The molecule has 4 nitrogen and oxygen atoms in total. The van der Waals surface area contributed by atoms with Crippen LogP contribution in [0.3, 0.4) is 0 Å². The molecular formula is C11H24N2O2S. The third-order valence-corrected chi connectivity index (χ3v) is 5.11. The minimum atomic E-state index is -2.87. The van der Waals surface area contributed by atoms with Crippen molar-refractivity contribution in [1.82, 2.24) is 4.90 Å². The first-order valence-corrected chi connectivity index (χ1v) is 7.98. The van der Waals surface area contributed by atoms with Gasteiger partial charge in [-0.1, -0.05) is 6.42 Å². The first kappa shape index (κ1) is 13.9. The molecule has 0 spiro atoms. The Balaban J connectivity index is 2.32. The maximum absolute atomic E-state index is 11.7. The normalized spacial score (nSPS) is 23.5. The number of likely N-dealkylation sites (tertiary alicyclic amines) is 1. The van der Waals surface area contributed by atoms with E-state index in [1.807, 2.05) is 0 Å². The minimum Gasteiger partial charge on any atom is -0.330 e. The van der Waals surface area contributed by atoms with E-state index in [0.717, 1.165) is 19.4 Å². The van der Waals surface area contributed by atoms with Crippen LogP contribution in [-0.2, 0) is 9.84 Å². The molecule has 1 aliphatic heterocycles. The van der Waals surface area contributed by atoms with Gasteiger partial charge >= 0.3 is 0 Å². The third-order valence-electron chi connectivity index (χ3n) is 3.34. The number of hydrogen-bond donors (Lipinski definition) is 1. The Labute approximate surface area is 99.1 Å². The second-order valence-electron chi connectivity index (χ2n) is 4.71. The number of piperidine rings is 1. The lowest BCUT2D eigenvalue weighted by Crippen LogP contribution is -2.37. The summed E-state index contributed by atoms with van der Waals surface area (Å²) >= 11 is 0. The topological polar surface area (TPSA) is 63.4 Å². The zero-order chi connectivity index (χ0) is 12.0. The molecule has 1 aliphatic rings. The van der Waals surface area contributed by atoms with Gasteiger partial charge in [-0.15, -0.1) is 0 Å². The van der Waals surface area contributed by atoms with Gasteiger partial charge in [0.2, 0.25) is 0 Å². The average molecular weight is 248 g/mol. The summed E-state index contributed by atoms with van der Waals surface area (Å²) in [6.45, 7) is 1.57. The number of nitrogens with two attached hydrogens (primary N) is 1. The van der Waals surface area contributed by atoms with Gasteiger partial charge in [0.15, 0.2) is 0 Å². The molecule has 0 amide bonds. The fourth-order valence-corrected chi connectivity index (χ4v) is 3.67. The summed E-state index contributed by atoms with van der Waals surface area (Å²) in [6.07, 6.45) is 4.99. The van der Waals surface area contributed by atoms with Crippen LogP contribution in [0.4, 0.5) is 0 Å². The van der Waals surface area contributed by atoms with Gasteiger partial charge < -0.3 is 10.6 Å². The van der Waals surface area contributed by atoms with Crippen molar-refractivity contribution in [2.45, 2.75) is 38.1 Å². The van der Waals surface area contributed by atoms with E-state index in [2.05, 4.69) is 11.9 Å². The van der Waals surface area contributed by atoms with Crippen molar-refractivity contribution < 1.29 is 8.42 Å². The van der Waals surface area contributed by atoms with Gasteiger partial charge in [-0.25, -0.2) is 8.42 Å². The molecular weight excluding hydrogens is 224 g/mol. The van der Waals surface area contributed by atoms with Gasteiger partial charge in [0.25, 0.3) is 0 Å². The summed E-state index contributed by atoms with van der Waals surface area (Å²) in [7, 11) is -0.780. The van der Waals surface area contributed by atoms with Gasteiger partial charge in [-0.2, -0.15) is 0 Å². The van der Waals surface area contributed by atoms with Crippen molar-refractivity contribution >= 4 is 9.84 Å². The van der Waals surface area contributed by atoms with Crippen LogP contribution in [0.2, 0.25) is 0 Å². The lowest BCUT2D eigenvalue weighted by molar-refractivity contribution is 0.181. The zero-order valence-corrected chi connectivity index (χ0v) is 11.0. The van der Waals surface area contributed by atoms with Gasteiger partial charge in [0.05, 0.1) is 11.5 Å². The Morgan fingerprint density at radius 1 is 1.31 bits per heavy atom. The SMILES string of the molecule is CN1CCCCC1CCS(=O)(=O)CCCN. The molecule has 0 aromatic heterocycles. The van der Waals surface area contributed by atoms with Crippen molar-refractivity contribution in [3.63, 3.8) is 0 Å². The summed E-state index contributed by atoms with van der Waals surface area (Å²) < 4.78 is 23.3. The Hall–Kier alpha value is -0.130. The Morgan fingerprint density at radius 2 is 2.06 bits per heavy atom. The van der Waals surface area contributed by atoms with Crippen LogP contribution in [-0.4, -0.2) is 51.0 Å². The molecule has 0 aromatic rings. The number of rotatable bonds is 6. The number of nitrogens with zero attached hydrogens (tertiary/aromatic N) is 1. The molecule has 1 rings (SSSR count). The molecule has 1 saturated heterocycles. The predicted octanol–water partition coefficient (Wildman–Crippen LogP) is 0.624. The van der Waals surface area contributed by atoms with E-state index in [9.17, 15) is 8.42 Å². The second kappa shape index (κ2) is 6.57. The van der Waals surface area contributed by atoms with E-state index in [4.69, 9.17) is 5.73 Å². The van der Waals surface area contributed by atoms with Crippen molar-refractivity contribution in [3.05, 3.63) is 0 Å². The van der Waals surface area contributed by atoms with Gasteiger partial charge in [0, 0.05) is 6.04 Å². The van der Waals surface area contributed by atoms with E-state index >= 15 is 0 Å². The summed E-state index contributed by atoms with van der Waals surface area (Å²) in [6, 6.07) is 0.460. The maximum atomic E-state index is 11.7. The van der Waals surface area contributed by atoms with Crippen molar-refractivity contribution in [1.29, 1.82) is 0 Å². The summed E-state index contributed by atoms with van der Waals surface area (Å²) in [4.78, 5) is 2.29. The first-order chi connectivity index (χ1) is 7.55. The summed E-state index contributed by atoms with van der Waals surface area (Å²) in [5.74, 6) is 0.571. The van der Waals surface area contributed by atoms with Gasteiger partial charge in [-0.05, 0) is 45.8 Å². The van der Waals surface area contributed by atoms with Gasteiger partial charge in [-0.3, -0.25) is 0 Å². The predicted molar refractivity (Wildman–Crippen MR) is 67.2 cm³/mol. The molecule has 2 N–H and O–H groups in total. The molecule has 5 heteroatoms. The van der Waals surface area contributed by atoms with Crippen LogP contribution in [0.15, 0.2) is 0 Å². The van der Waals surface area contributed by atoms with Crippen molar-refractivity contribution in [3.8, 4) is 0 Å². The van der Waals surface area contributed by atoms with E-state index in [0.29, 0.717) is 24.8 Å². The average Bonchev–Trinajstić information content (AvgIpc) is 2.26. The lowest BCUT2D eigenvalue weighted by atomic mass is 10.0. The molecule has 96 valence electrons. The number of sulfone groups is 1. The third kappa shape index (κ3) is 4.80. The highest BCUT2D eigenvalue weighted by atomic mass is 32.2. The lowest BCUT2D eigenvalue weighted by Gasteiger charge is -2.32. The smallest absolute Gasteiger partial charge is 0.150 e. The molecule has 1 unspecified atom stereocenters. The van der Waals surface area contributed by atoms with Crippen LogP contribution in [0.1, 0.15) is 32.1 Å². The van der Waals surface area contributed by atoms with E-state index in [1.165, 1.54) is 12.8 Å². The van der Waals surface area contributed by atoms with E-state index in [-0.39, 0.29) is 5.75 Å². The monoisotopic (exact) mass is 248 g/mol. The van der Waals surface area contributed by atoms with Gasteiger partial charge in [0.1, 0.15) is 9.84 Å². The molecule has 1 atom stereocenters. The van der Waals surface area contributed by atoms with Crippen LogP contribution < -0.4 is 5.73 Å². The standard InChI is InChI=1S/C11H24N2O2S/c1-13-8-3-2-5-11(13)6-10-16(14,15)9-4-7-12/h11H,2-10,12H2,1H3. The number of hydrogen-bond acceptors (Lipinski definition) is 4. The van der Waals surface area contributed by atoms with E-state index < -0.39 is 9.84 Å². The van der Waals surface area contributed by atoms with Crippen molar-refractivity contribution in [2.24, 2.45) is 5.73 Å². The molecule has 0 saturated carbocycles. The highest BCUT2D eigenvalue weighted by Gasteiger charge is 2.21. The Bertz CT molecular complexity index is 290. The van der Waals surface area contributed by atoms with Crippen LogP contribution in [0.25, 0.3) is 0 Å². The molecule has 0 aliphatic carbocycles. The first-order valence-electron chi connectivity index (χ1n) is 6.16. The largest absolute Gasteiger partial charge is 0.330 e. The molecule has 1 fully saturated rings. The molecule has 16 heavy (non-hydrogen) atoms. The van der Waals surface area contributed by atoms with Crippen LogP contribution in [0, 0.1) is 0 Å². The van der Waals surface area contributed by atoms with E-state index in [1.54, 1.807) is 0 Å². The fourth-order valence-electron chi connectivity index (χ4n) is 2.23. The second-order valence-corrected chi connectivity index (χ2v) is 7.02. The van der Waals surface area contributed by atoms with Crippen molar-refractivity contribution in [2.75, 3.05) is 31.6 Å². The van der Waals surface area contributed by atoms with Crippen LogP contribution in [0.5, 0.6) is 0 Å². The Kier molecular flexibility index (Phi) is 5.72. The molecule has 1 heterocycles. The molecule has 0 radical (unpaired) electrons. The molecule has 0 aromatic carbocycles. The minimum absolute atomic E-state index is 0.250. The highest BCUT2D eigenvalue weighted by Crippen LogP contribution is 2.18. The summed E-state index contributed by atoms with van der Waals surface area (Å²) in [5.41, 5.74) is 5.32. The van der Waals surface area contributed by atoms with Crippen LogP contribution >= 0.6 is 0 Å². The zero-order valence-electron chi connectivity index (χ0n) is 10.2. The Morgan fingerprint density at radius 3 is 2.69 bits per heavy atom. The summed E-state index contributed by atoms with van der Waals surface area (Å²) in [5, 5.41) is 0. The quantitative estimate of drug-likeness (QED) is 0.748. The highest BCUT2D eigenvalue weighted by molar-refractivity contribution is 7.91. The molecule has 0 bridgehead atoms. The maximum Gasteiger partial charge on any atom is 0.150 e. The fraction of sp³-hybridized carbons (Fsp3) is 1.00.